The van der Waals surface area contributed by atoms with E-state index in [0.717, 1.165) is 19.6 Å². The van der Waals surface area contributed by atoms with Crippen molar-refractivity contribution in [1.82, 2.24) is 5.32 Å². The Morgan fingerprint density at radius 3 is 2.28 bits per heavy atom. The number of hydrogen-bond donors (Lipinski definition) is 1. The second kappa shape index (κ2) is 12.8. The molecule has 0 rings (SSSR count). The Morgan fingerprint density at radius 1 is 1.06 bits per heavy atom. The summed E-state index contributed by atoms with van der Waals surface area (Å²) in [6, 6.07) is -0.272. The third kappa shape index (κ3) is 9.39. The molecule has 0 aromatic carbocycles. The summed E-state index contributed by atoms with van der Waals surface area (Å²) in [4.78, 5) is 11.6. The molecule has 0 radical (unpaired) electrons. The average Bonchev–Trinajstić information content (AvgIpc) is 2.36. The molecule has 5 nitrogen and oxygen atoms in total. The lowest BCUT2D eigenvalue weighted by Gasteiger charge is -2.16. The van der Waals surface area contributed by atoms with Crippen molar-refractivity contribution in [2.24, 2.45) is 0 Å². The normalized spacial score (nSPS) is 12.4. The van der Waals surface area contributed by atoms with Crippen LogP contribution in [0.1, 0.15) is 33.6 Å². The highest BCUT2D eigenvalue weighted by Gasteiger charge is 2.17. The largest absolute Gasteiger partial charge is 0.465 e. The van der Waals surface area contributed by atoms with E-state index in [-0.39, 0.29) is 12.0 Å². The molecule has 1 unspecified atom stereocenters. The molecular weight excluding hydrogens is 234 g/mol. The van der Waals surface area contributed by atoms with Gasteiger partial charge in [-0.3, -0.25) is 4.79 Å². The minimum atomic E-state index is -0.272. The Kier molecular flexibility index (Phi) is 12.3. The highest BCUT2D eigenvalue weighted by Crippen LogP contribution is 1.97. The van der Waals surface area contributed by atoms with Gasteiger partial charge >= 0.3 is 5.97 Å². The van der Waals surface area contributed by atoms with Crippen molar-refractivity contribution in [3.05, 3.63) is 0 Å². The van der Waals surface area contributed by atoms with Crippen LogP contribution in [-0.4, -0.2) is 51.6 Å². The van der Waals surface area contributed by atoms with E-state index >= 15 is 0 Å². The Labute approximate surface area is 110 Å². The predicted molar refractivity (Wildman–Crippen MR) is 70.6 cm³/mol. The fourth-order valence-electron chi connectivity index (χ4n) is 1.46. The molecule has 0 fully saturated rings. The van der Waals surface area contributed by atoms with Crippen LogP contribution in [0.2, 0.25) is 0 Å². The Morgan fingerprint density at radius 2 is 1.72 bits per heavy atom. The Bertz CT molecular complexity index is 199. The molecule has 0 bridgehead atoms. The van der Waals surface area contributed by atoms with Gasteiger partial charge in [-0.05, 0) is 26.3 Å². The second-order valence-electron chi connectivity index (χ2n) is 3.88. The van der Waals surface area contributed by atoms with Crippen molar-refractivity contribution in [3.8, 4) is 0 Å². The highest BCUT2D eigenvalue weighted by atomic mass is 16.5. The van der Waals surface area contributed by atoms with Crippen LogP contribution in [0.3, 0.4) is 0 Å². The van der Waals surface area contributed by atoms with E-state index in [4.69, 9.17) is 14.2 Å². The number of carbonyl (C=O) groups is 1. The van der Waals surface area contributed by atoms with Gasteiger partial charge in [0, 0.05) is 13.2 Å². The van der Waals surface area contributed by atoms with Crippen LogP contribution in [-0.2, 0) is 19.0 Å². The average molecular weight is 261 g/mol. The summed E-state index contributed by atoms with van der Waals surface area (Å²) in [6.07, 6.45) is 1.64. The number of ether oxygens (including phenoxy) is 3. The van der Waals surface area contributed by atoms with E-state index in [2.05, 4.69) is 12.2 Å². The minimum Gasteiger partial charge on any atom is -0.465 e. The van der Waals surface area contributed by atoms with Crippen molar-refractivity contribution in [1.29, 1.82) is 0 Å². The number of carbonyl (C=O) groups excluding carboxylic acids is 1. The standard InChI is InChI=1S/C13H27NO4/c1-4-8-16-10-11-17-9-7-12(14-5-2)13(15)18-6-3/h12,14H,4-11H2,1-3H3. The third-order valence-corrected chi connectivity index (χ3v) is 2.29. The SMILES string of the molecule is CCCOCCOCCC(NCC)C(=O)OCC. The first kappa shape index (κ1) is 17.4. The molecule has 5 heteroatoms. The molecule has 0 heterocycles. The summed E-state index contributed by atoms with van der Waals surface area (Å²) in [5.41, 5.74) is 0. The van der Waals surface area contributed by atoms with Gasteiger partial charge in [0.05, 0.1) is 19.8 Å². The van der Waals surface area contributed by atoms with E-state index in [0.29, 0.717) is 32.8 Å². The van der Waals surface area contributed by atoms with E-state index in [9.17, 15) is 4.79 Å². The molecule has 0 aliphatic rings. The lowest BCUT2D eigenvalue weighted by Crippen LogP contribution is -2.39. The summed E-state index contributed by atoms with van der Waals surface area (Å²) in [5, 5.41) is 3.09. The lowest BCUT2D eigenvalue weighted by atomic mass is 10.2. The van der Waals surface area contributed by atoms with Crippen molar-refractivity contribution < 1.29 is 19.0 Å². The first-order chi connectivity index (χ1) is 8.76. The van der Waals surface area contributed by atoms with Crippen molar-refractivity contribution >= 4 is 5.97 Å². The molecule has 0 aromatic rings. The van der Waals surface area contributed by atoms with Crippen LogP contribution in [0, 0.1) is 0 Å². The van der Waals surface area contributed by atoms with Crippen molar-refractivity contribution in [2.75, 3.05) is 39.6 Å². The van der Waals surface area contributed by atoms with Crippen molar-refractivity contribution in [2.45, 2.75) is 39.7 Å². The minimum absolute atomic E-state index is 0.204. The van der Waals surface area contributed by atoms with Crippen LogP contribution in [0.25, 0.3) is 0 Å². The zero-order valence-electron chi connectivity index (χ0n) is 11.9. The summed E-state index contributed by atoms with van der Waals surface area (Å²) in [5.74, 6) is -0.204. The lowest BCUT2D eigenvalue weighted by molar-refractivity contribution is -0.146. The summed E-state index contributed by atoms with van der Waals surface area (Å²) in [7, 11) is 0. The molecule has 0 amide bonds. The van der Waals surface area contributed by atoms with Crippen LogP contribution in [0.5, 0.6) is 0 Å². The first-order valence-electron chi connectivity index (χ1n) is 6.81. The molecule has 0 saturated carbocycles. The van der Waals surface area contributed by atoms with E-state index in [1.165, 1.54) is 0 Å². The van der Waals surface area contributed by atoms with Crippen LogP contribution >= 0.6 is 0 Å². The fraction of sp³-hybridized carbons (Fsp3) is 0.923. The third-order valence-electron chi connectivity index (χ3n) is 2.29. The molecule has 1 N–H and O–H groups in total. The Hall–Kier alpha value is -0.650. The monoisotopic (exact) mass is 261 g/mol. The van der Waals surface area contributed by atoms with E-state index < -0.39 is 0 Å². The zero-order chi connectivity index (χ0) is 13.6. The van der Waals surface area contributed by atoms with E-state index in [1.54, 1.807) is 0 Å². The van der Waals surface area contributed by atoms with Crippen LogP contribution in [0.4, 0.5) is 0 Å². The maximum Gasteiger partial charge on any atom is 0.323 e. The van der Waals surface area contributed by atoms with Gasteiger partial charge in [0.25, 0.3) is 0 Å². The molecule has 108 valence electrons. The molecule has 18 heavy (non-hydrogen) atoms. The number of hydrogen-bond acceptors (Lipinski definition) is 5. The predicted octanol–water partition coefficient (Wildman–Crippen LogP) is 1.36. The maximum absolute atomic E-state index is 11.6. The number of esters is 1. The van der Waals surface area contributed by atoms with Gasteiger partial charge in [0.2, 0.25) is 0 Å². The molecule has 0 aliphatic carbocycles. The summed E-state index contributed by atoms with van der Waals surface area (Å²) in [6.45, 7) is 9.48. The molecule has 0 aromatic heterocycles. The second-order valence-corrected chi connectivity index (χ2v) is 3.88. The highest BCUT2D eigenvalue weighted by molar-refractivity contribution is 5.75. The molecule has 0 aliphatic heterocycles. The molecular formula is C13H27NO4. The van der Waals surface area contributed by atoms with Gasteiger partial charge < -0.3 is 19.5 Å². The summed E-state index contributed by atoms with van der Waals surface area (Å²) < 4.78 is 15.7. The number of likely N-dealkylation sites (N-methyl/N-ethyl adjacent to an activating group) is 1. The zero-order valence-corrected chi connectivity index (χ0v) is 11.9. The van der Waals surface area contributed by atoms with Gasteiger partial charge in [0.1, 0.15) is 6.04 Å². The smallest absolute Gasteiger partial charge is 0.323 e. The topological polar surface area (TPSA) is 56.8 Å². The van der Waals surface area contributed by atoms with Crippen LogP contribution in [0.15, 0.2) is 0 Å². The van der Waals surface area contributed by atoms with Crippen molar-refractivity contribution in [3.63, 3.8) is 0 Å². The van der Waals surface area contributed by atoms with Crippen LogP contribution < -0.4 is 5.32 Å². The number of nitrogens with one attached hydrogen (secondary N) is 1. The quantitative estimate of drug-likeness (QED) is 0.424. The molecule has 0 saturated heterocycles. The molecule has 0 spiro atoms. The van der Waals surface area contributed by atoms with Gasteiger partial charge in [0.15, 0.2) is 0 Å². The van der Waals surface area contributed by atoms with Gasteiger partial charge in [-0.15, -0.1) is 0 Å². The molecule has 1 atom stereocenters. The first-order valence-corrected chi connectivity index (χ1v) is 6.81. The number of rotatable bonds is 12. The Balaban J connectivity index is 3.60. The van der Waals surface area contributed by atoms with Gasteiger partial charge in [-0.2, -0.15) is 0 Å². The maximum atomic E-state index is 11.6. The summed E-state index contributed by atoms with van der Waals surface area (Å²) >= 11 is 0. The fourth-order valence-corrected chi connectivity index (χ4v) is 1.46. The van der Waals surface area contributed by atoms with E-state index in [1.807, 2.05) is 13.8 Å². The van der Waals surface area contributed by atoms with Gasteiger partial charge in [-0.1, -0.05) is 13.8 Å². The van der Waals surface area contributed by atoms with Gasteiger partial charge in [-0.25, -0.2) is 0 Å².